The molecule has 1 aromatic carbocycles. The van der Waals surface area contributed by atoms with E-state index in [0.717, 1.165) is 10.9 Å². The van der Waals surface area contributed by atoms with Crippen molar-refractivity contribution in [1.29, 1.82) is 0 Å². The molecule has 3 nitrogen and oxygen atoms in total. The topological polar surface area (TPSA) is 42.2 Å². The summed E-state index contributed by atoms with van der Waals surface area (Å²) in [6.07, 6.45) is 3.73. The number of aryl methyl sites for hydroxylation is 2. The summed E-state index contributed by atoms with van der Waals surface area (Å²) in [6.45, 7) is 0. The van der Waals surface area contributed by atoms with E-state index in [4.69, 9.17) is 5.11 Å². The highest BCUT2D eigenvalue weighted by Crippen LogP contribution is 2.29. The number of aromatic nitrogens is 1. The summed E-state index contributed by atoms with van der Waals surface area (Å²) in [4.78, 5) is 10.5. The lowest BCUT2D eigenvalue weighted by Crippen LogP contribution is -1.96. The van der Waals surface area contributed by atoms with Gasteiger partial charge in [0.1, 0.15) is 0 Å². The number of carboxylic acids is 1. The second-order valence-corrected chi connectivity index (χ2v) is 5.00. The molecular weight excluding hydrogens is 282 g/mol. The molecule has 0 aliphatic rings. The Hall–Kier alpha value is -1.29. The fourth-order valence-electron chi connectivity index (χ4n) is 2.10. The summed E-state index contributed by atoms with van der Waals surface area (Å²) < 4.78 is 3.14. The zero-order valence-corrected chi connectivity index (χ0v) is 11.2. The normalized spacial score (nSPS) is 10.9. The maximum atomic E-state index is 10.5. The third kappa shape index (κ3) is 2.52. The Kier molecular flexibility index (Phi) is 3.52. The lowest BCUT2D eigenvalue weighted by atomic mass is 10.0. The summed E-state index contributed by atoms with van der Waals surface area (Å²) in [6, 6.07) is 6.15. The van der Waals surface area contributed by atoms with Crippen LogP contribution in [0.1, 0.15) is 18.4 Å². The molecular formula is C13H14BrNO2. The van der Waals surface area contributed by atoms with Crippen LogP contribution in [0, 0.1) is 0 Å². The van der Waals surface area contributed by atoms with Crippen molar-refractivity contribution in [2.24, 2.45) is 7.05 Å². The highest BCUT2D eigenvalue weighted by molar-refractivity contribution is 9.10. The van der Waals surface area contributed by atoms with Gasteiger partial charge in [-0.05, 0) is 40.4 Å². The highest BCUT2D eigenvalue weighted by atomic mass is 79.9. The quantitative estimate of drug-likeness (QED) is 0.940. The molecule has 90 valence electrons. The molecule has 0 aliphatic carbocycles. The molecule has 2 aromatic rings. The minimum absolute atomic E-state index is 0.223. The maximum Gasteiger partial charge on any atom is 0.303 e. The predicted octanol–water partition coefficient (Wildman–Crippen LogP) is 3.35. The van der Waals surface area contributed by atoms with Crippen molar-refractivity contribution in [2.45, 2.75) is 19.3 Å². The van der Waals surface area contributed by atoms with Crippen LogP contribution >= 0.6 is 15.9 Å². The predicted molar refractivity (Wildman–Crippen MR) is 71.2 cm³/mol. The van der Waals surface area contributed by atoms with Crippen LogP contribution in [0.3, 0.4) is 0 Å². The molecule has 0 radical (unpaired) electrons. The first kappa shape index (κ1) is 12.2. The molecule has 1 N–H and O–H groups in total. The number of rotatable bonds is 4. The Bertz CT molecular complexity index is 560. The fraction of sp³-hybridized carbons (Fsp3) is 0.308. The first-order valence-corrected chi connectivity index (χ1v) is 6.33. The summed E-state index contributed by atoms with van der Waals surface area (Å²) in [5.74, 6) is -0.732. The summed E-state index contributed by atoms with van der Waals surface area (Å²) in [5, 5.41) is 9.84. The molecule has 0 spiro atoms. The van der Waals surface area contributed by atoms with E-state index in [1.54, 1.807) is 0 Å². The van der Waals surface area contributed by atoms with Crippen LogP contribution in [0.2, 0.25) is 0 Å². The van der Waals surface area contributed by atoms with Gasteiger partial charge in [0.05, 0.1) is 0 Å². The summed E-state index contributed by atoms with van der Waals surface area (Å²) in [5.41, 5.74) is 2.38. The lowest BCUT2D eigenvalue weighted by molar-refractivity contribution is -0.137. The molecule has 0 unspecified atom stereocenters. The number of carbonyl (C=O) groups is 1. The smallest absolute Gasteiger partial charge is 0.303 e. The van der Waals surface area contributed by atoms with Crippen LogP contribution in [0.15, 0.2) is 28.9 Å². The largest absolute Gasteiger partial charge is 0.481 e. The average molecular weight is 296 g/mol. The van der Waals surface area contributed by atoms with Crippen LogP contribution in [-0.4, -0.2) is 15.6 Å². The van der Waals surface area contributed by atoms with E-state index in [9.17, 15) is 4.79 Å². The lowest BCUT2D eigenvalue weighted by Gasteiger charge is -2.04. The number of fused-ring (bicyclic) bond motifs is 1. The van der Waals surface area contributed by atoms with Gasteiger partial charge in [-0.3, -0.25) is 4.79 Å². The van der Waals surface area contributed by atoms with Crippen LogP contribution in [0.5, 0.6) is 0 Å². The van der Waals surface area contributed by atoms with Crippen LogP contribution in [-0.2, 0) is 18.3 Å². The van der Waals surface area contributed by atoms with E-state index >= 15 is 0 Å². The molecule has 2 rings (SSSR count). The van der Waals surface area contributed by atoms with E-state index in [2.05, 4.69) is 32.6 Å². The Morgan fingerprint density at radius 1 is 1.47 bits per heavy atom. The SMILES string of the molecule is Cn1cc(Br)c2c(CCCC(=O)O)cccc21. The van der Waals surface area contributed by atoms with Crippen molar-refractivity contribution in [2.75, 3.05) is 0 Å². The number of nitrogens with zero attached hydrogens (tertiary/aromatic N) is 1. The number of carboxylic acid groups (broad SMARTS) is 1. The van der Waals surface area contributed by atoms with Gasteiger partial charge in [0.25, 0.3) is 0 Å². The molecule has 4 heteroatoms. The standard InChI is InChI=1S/C13H14BrNO2/c1-15-8-10(14)13-9(4-2-6-11(13)15)5-3-7-12(16)17/h2,4,6,8H,3,5,7H2,1H3,(H,16,17). The second kappa shape index (κ2) is 4.92. The van der Waals surface area contributed by atoms with Gasteiger partial charge in [-0.1, -0.05) is 12.1 Å². The Labute approximate surface area is 108 Å². The third-order valence-electron chi connectivity index (χ3n) is 2.89. The molecule has 1 heterocycles. The summed E-state index contributed by atoms with van der Waals surface area (Å²) in [7, 11) is 2.01. The molecule has 0 amide bonds. The Balaban J connectivity index is 2.31. The molecule has 0 fully saturated rings. The molecule has 17 heavy (non-hydrogen) atoms. The first-order valence-electron chi connectivity index (χ1n) is 5.54. The fourth-order valence-corrected chi connectivity index (χ4v) is 2.86. The second-order valence-electron chi connectivity index (χ2n) is 4.15. The van der Waals surface area contributed by atoms with Crippen molar-refractivity contribution in [3.8, 4) is 0 Å². The summed E-state index contributed by atoms with van der Waals surface area (Å²) >= 11 is 3.55. The van der Waals surface area contributed by atoms with Gasteiger partial charge < -0.3 is 9.67 Å². The van der Waals surface area contributed by atoms with Gasteiger partial charge in [0.2, 0.25) is 0 Å². The van der Waals surface area contributed by atoms with Gasteiger partial charge in [0, 0.05) is 35.0 Å². The molecule has 0 saturated carbocycles. The van der Waals surface area contributed by atoms with Crippen LogP contribution < -0.4 is 0 Å². The Morgan fingerprint density at radius 3 is 2.94 bits per heavy atom. The zero-order chi connectivity index (χ0) is 12.4. The monoisotopic (exact) mass is 295 g/mol. The van der Waals surface area contributed by atoms with Gasteiger partial charge in [0.15, 0.2) is 0 Å². The van der Waals surface area contributed by atoms with Crippen molar-refractivity contribution < 1.29 is 9.90 Å². The third-order valence-corrected chi connectivity index (χ3v) is 3.49. The van der Waals surface area contributed by atoms with E-state index < -0.39 is 5.97 Å². The van der Waals surface area contributed by atoms with Crippen molar-refractivity contribution in [3.63, 3.8) is 0 Å². The van der Waals surface area contributed by atoms with E-state index in [1.165, 1.54) is 16.5 Å². The highest BCUT2D eigenvalue weighted by Gasteiger charge is 2.09. The van der Waals surface area contributed by atoms with E-state index in [1.807, 2.05) is 19.3 Å². The number of halogens is 1. The molecule has 1 aromatic heterocycles. The molecule has 0 atom stereocenters. The van der Waals surface area contributed by atoms with Crippen molar-refractivity contribution >= 4 is 32.8 Å². The maximum absolute atomic E-state index is 10.5. The minimum Gasteiger partial charge on any atom is -0.481 e. The molecule has 0 saturated heterocycles. The Morgan fingerprint density at radius 2 is 2.24 bits per heavy atom. The van der Waals surface area contributed by atoms with E-state index in [-0.39, 0.29) is 6.42 Å². The van der Waals surface area contributed by atoms with Gasteiger partial charge >= 0.3 is 5.97 Å². The number of benzene rings is 1. The van der Waals surface area contributed by atoms with Crippen LogP contribution in [0.4, 0.5) is 0 Å². The molecule has 0 aliphatic heterocycles. The number of hydrogen-bond acceptors (Lipinski definition) is 1. The minimum atomic E-state index is -0.732. The van der Waals surface area contributed by atoms with Gasteiger partial charge in [-0.15, -0.1) is 0 Å². The number of hydrogen-bond donors (Lipinski definition) is 1. The molecule has 0 bridgehead atoms. The van der Waals surface area contributed by atoms with Gasteiger partial charge in [-0.2, -0.15) is 0 Å². The average Bonchev–Trinajstić information content (AvgIpc) is 2.55. The zero-order valence-electron chi connectivity index (χ0n) is 9.61. The van der Waals surface area contributed by atoms with Gasteiger partial charge in [-0.25, -0.2) is 0 Å². The van der Waals surface area contributed by atoms with Crippen molar-refractivity contribution in [3.05, 3.63) is 34.4 Å². The van der Waals surface area contributed by atoms with Crippen molar-refractivity contribution in [1.82, 2.24) is 4.57 Å². The van der Waals surface area contributed by atoms with E-state index in [0.29, 0.717) is 6.42 Å². The first-order chi connectivity index (χ1) is 8.09. The van der Waals surface area contributed by atoms with Crippen LogP contribution in [0.25, 0.3) is 10.9 Å². The number of aliphatic carboxylic acids is 1.